The molecule has 0 atom stereocenters. The first-order valence-corrected chi connectivity index (χ1v) is 8.04. The van der Waals surface area contributed by atoms with E-state index >= 15 is 0 Å². The Kier molecular flexibility index (Phi) is 4.67. The highest BCUT2D eigenvalue weighted by Gasteiger charge is 2.16. The first-order chi connectivity index (χ1) is 10.7. The SMILES string of the molecule is COc1ccc2cc(S(=O)(=O)O)ccc2c1NC(=O)CC(C)=O. The van der Waals surface area contributed by atoms with Crippen molar-refractivity contribution in [2.45, 2.75) is 18.2 Å². The number of methoxy groups -OCH3 is 1. The van der Waals surface area contributed by atoms with Gasteiger partial charge in [-0.25, -0.2) is 0 Å². The number of carbonyl (C=O) groups excluding carboxylic acids is 2. The zero-order valence-corrected chi connectivity index (χ0v) is 13.3. The van der Waals surface area contributed by atoms with E-state index in [-0.39, 0.29) is 17.1 Å². The highest BCUT2D eigenvalue weighted by atomic mass is 32.2. The quantitative estimate of drug-likeness (QED) is 0.638. The second-order valence-corrected chi connectivity index (χ2v) is 6.35. The van der Waals surface area contributed by atoms with Crippen molar-refractivity contribution >= 4 is 38.3 Å². The van der Waals surface area contributed by atoms with Gasteiger partial charge in [0.2, 0.25) is 5.91 Å². The van der Waals surface area contributed by atoms with Crippen molar-refractivity contribution in [2.24, 2.45) is 0 Å². The average Bonchev–Trinajstić information content (AvgIpc) is 2.45. The summed E-state index contributed by atoms with van der Waals surface area (Å²) in [6.07, 6.45) is -0.275. The fourth-order valence-electron chi connectivity index (χ4n) is 2.16. The number of fused-ring (bicyclic) bond motifs is 1. The number of hydrogen-bond donors (Lipinski definition) is 2. The second kappa shape index (κ2) is 6.35. The van der Waals surface area contributed by atoms with Crippen LogP contribution in [0, 0.1) is 0 Å². The van der Waals surface area contributed by atoms with E-state index in [9.17, 15) is 18.0 Å². The van der Waals surface area contributed by atoms with Crippen molar-refractivity contribution in [3.63, 3.8) is 0 Å². The summed E-state index contributed by atoms with van der Waals surface area (Å²) in [5.74, 6) is -0.411. The van der Waals surface area contributed by atoms with Crippen LogP contribution in [-0.2, 0) is 19.7 Å². The number of carbonyl (C=O) groups is 2. The zero-order chi connectivity index (χ0) is 17.2. The zero-order valence-electron chi connectivity index (χ0n) is 12.5. The monoisotopic (exact) mass is 337 g/mol. The van der Waals surface area contributed by atoms with E-state index in [0.29, 0.717) is 22.2 Å². The average molecular weight is 337 g/mol. The van der Waals surface area contributed by atoms with Crippen LogP contribution in [0.4, 0.5) is 5.69 Å². The largest absolute Gasteiger partial charge is 0.495 e. The molecular formula is C15H15NO6S. The summed E-state index contributed by atoms with van der Waals surface area (Å²) >= 11 is 0. The maximum absolute atomic E-state index is 11.8. The Balaban J connectivity index is 2.56. The molecule has 0 saturated heterocycles. The molecule has 0 heterocycles. The van der Waals surface area contributed by atoms with Gasteiger partial charge in [-0.05, 0) is 30.5 Å². The molecule has 1 amide bonds. The van der Waals surface area contributed by atoms with Gasteiger partial charge in [-0.1, -0.05) is 12.1 Å². The molecule has 8 heteroatoms. The van der Waals surface area contributed by atoms with E-state index in [1.807, 2.05) is 0 Å². The Bertz CT molecular complexity index is 888. The van der Waals surface area contributed by atoms with Gasteiger partial charge in [-0.3, -0.25) is 14.1 Å². The lowest BCUT2D eigenvalue weighted by molar-refractivity contribution is -0.124. The van der Waals surface area contributed by atoms with Crippen molar-refractivity contribution in [3.05, 3.63) is 30.3 Å². The maximum Gasteiger partial charge on any atom is 0.294 e. The topological polar surface area (TPSA) is 110 Å². The lowest BCUT2D eigenvalue weighted by Gasteiger charge is -2.13. The molecule has 0 spiro atoms. The molecule has 0 aliphatic heterocycles. The maximum atomic E-state index is 11.8. The van der Waals surface area contributed by atoms with Gasteiger partial charge in [-0.15, -0.1) is 0 Å². The van der Waals surface area contributed by atoms with Crippen molar-refractivity contribution in [1.29, 1.82) is 0 Å². The summed E-state index contributed by atoms with van der Waals surface area (Å²) in [5.41, 5.74) is 0.332. The Morgan fingerprint density at radius 3 is 2.48 bits per heavy atom. The molecule has 122 valence electrons. The van der Waals surface area contributed by atoms with Crippen molar-refractivity contribution in [2.75, 3.05) is 12.4 Å². The Hall–Kier alpha value is -2.45. The van der Waals surface area contributed by atoms with Gasteiger partial charge in [-0.2, -0.15) is 8.42 Å². The van der Waals surface area contributed by atoms with Crippen molar-refractivity contribution in [3.8, 4) is 5.75 Å². The Morgan fingerprint density at radius 1 is 1.22 bits per heavy atom. The molecule has 2 N–H and O–H groups in total. The Labute approximate surface area is 133 Å². The van der Waals surface area contributed by atoms with Crippen LogP contribution in [0.3, 0.4) is 0 Å². The number of nitrogens with one attached hydrogen (secondary N) is 1. The molecule has 7 nitrogen and oxygen atoms in total. The van der Waals surface area contributed by atoms with Gasteiger partial charge >= 0.3 is 0 Å². The summed E-state index contributed by atoms with van der Waals surface area (Å²) < 4.78 is 36.7. The summed E-state index contributed by atoms with van der Waals surface area (Å²) in [4.78, 5) is 22.6. The van der Waals surface area contributed by atoms with E-state index in [2.05, 4.69) is 5.32 Å². The molecule has 0 bridgehead atoms. The predicted octanol–water partition coefficient (Wildman–Crippen LogP) is 2.01. The van der Waals surface area contributed by atoms with Crippen LogP contribution in [0.2, 0.25) is 0 Å². The van der Waals surface area contributed by atoms with Crippen molar-refractivity contribution < 1.29 is 27.3 Å². The van der Waals surface area contributed by atoms with E-state index in [4.69, 9.17) is 9.29 Å². The Morgan fingerprint density at radius 2 is 1.91 bits per heavy atom. The molecule has 0 radical (unpaired) electrons. The molecule has 0 unspecified atom stereocenters. The van der Waals surface area contributed by atoms with Gasteiger partial charge in [0.1, 0.15) is 11.5 Å². The molecule has 2 rings (SSSR count). The second-order valence-electron chi connectivity index (χ2n) is 4.93. The highest BCUT2D eigenvalue weighted by Crippen LogP contribution is 2.34. The highest BCUT2D eigenvalue weighted by molar-refractivity contribution is 7.85. The van der Waals surface area contributed by atoms with Crippen molar-refractivity contribution in [1.82, 2.24) is 0 Å². The predicted molar refractivity (Wildman–Crippen MR) is 84.2 cm³/mol. The molecular weight excluding hydrogens is 322 g/mol. The van der Waals surface area contributed by atoms with E-state index in [1.54, 1.807) is 12.1 Å². The van der Waals surface area contributed by atoms with Gasteiger partial charge in [0.25, 0.3) is 10.1 Å². The first-order valence-electron chi connectivity index (χ1n) is 6.60. The standard InChI is InChI=1S/C15H15NO6S/c1-9(17)7-14(18)16-15-12-5-4-11(23(19,20)21)8-10(12)3-6-13(15)22-2/h3-6,8H,7H2,1-2H3,(H,16,18)(H,19,20,21). The first kappa shape index (κ1) is 16.9. The summed E-state index contributed by atoms with van der Waals surface area (Å²) in [5, 5.41) is 3.60. The van der Waals surface area contributed by atoms with Crippen LogP contribution in [-0.4, -0.2) is 31.8 Å². The minimum Gasteiger partial charge on any atom is -0.495 e. The van der Waals surface area contributed by atoms with E-state index in [1.165, 1.54) is 32.2 Å². The number of anilines is 1. The number of Topliss-reactive ketones (excluding diaryl/α,β-unsaturated/α-hetero) is 1. The summed E-state index contributed by atoms with van der Waals surface area (Å²) in [6, 6.07) is 7.11. The third-order valence-corrected chi connectivity index (χ3v) is 3.99. The number of amides is 1. The summed E-state index contributed by atoms with van der Waals surface area (Å²) in [6.45, 7) is 1.30. The minimum atomic E-state index is -4.33. The number of benzene rings is 2. The molecule has 2 aromatic rings. The van der Waals surface area contributed by atoms with Gasteiger partial charge in [0.15, 0.2) is 0 Å². The van der Waals surface area contributed by atoms with Gasteiger partial charge in [0.05, 0.1) is 24.1 Å². The number of ether oxygens (including phenoxy) is 1. The molecule has 0 aromatic heterocycles. The molecule has 23 heavy (non-hydrogen) atoms. The lowest BCUT2D eigenvalue weighted by atomic mass is 10.1. The van der Waals surface area contributed by atoms with Crippen LogP contribution in [0.1, 0.15) is 13.3 Å². The molecule has 0 saturated carbocycles. The minimum absolute atomic E-state index is 0.254. The van der Waals surface area contributed by atoms with Crippen LogP contribution in [0.25, 0.3) is 10.8 Å². The third kappa shape index (κ3) is 3.85. The smallest absolute Gasteiger partial charge is 0.294 e. The third-order valence-electron chi connectivity index (χ3n) is 3.14. The van der Waals surface area contributed by atoms with Gasteiger partial charge in [0, 0.05) is 5.39 Å². The van der Waals surface area contributed by atoms with Gasteiger partial charge < -0.3 is 10.1 Å². The van der Waals surface area contributed by atoms with Crippen LogP contribution < -0.4 is 10.1 Å². The molecule has 2 aromatic carbocycles. The number of ketones is 1. The van der Waals surface area contributed by atoms with E-state index < -0.39 is 16.0 Å². The molecule has 0 aliphatic carbocycles. The fraction of sp³-hybridized carbons (Fsp3) is 0.200. The van der Waals surface area contributed by atoms with Crippen LogP contribution >= 0.6 is 0 Å². The van der Waals surface area contributed by atoms with Crippen LogP contribution in [0.5, 0.6) is 5.75 Å². The number of hydrogen-bond acceptors (Lipinski definition) is 5. The normalized spacial score (nSPS) is 11.3. The molecule has 0 aliphatic rings. The fourth-order valence-corrected chi connectivity index (χ4v) is 2.67. The van der Waals surface area contributed by atoms with E-state index in [0.717, 1.165) is 0 Å². The van der Waals surface area contributed by atoms with Crippen LogP contribution in [0.15, 0.2) is 35.2 Å². The molecule has 0 fully saturated rings. The summed E-state index contributed by atoms with van der Waals surface area (Å²) in [7, 11) is -2.90. The lowest BCUT2D eigenvalue weighted by Crippen LogP contribution is -2.15. The number of rotatable bonds is 5.